The number of halogens is 2. The van der Waals surface area contributed by atoms with Crippen molar-refractivity contribution >= 4 is 29.1 Å². The number of ether oxygens (including phenoxy) is 1. The number of carbonyl (C=O) groups excluding carboxylic acids is 2. The Bertz CT molecular complexity index is 1020. The minimum atomic E-state index is -0.795. The monoisotopic (exact) mass is 458 g/mol. The SMILES string of the molecule is O=C1C(=O)N(CCCN2CCOCC2)C(c2ccc(F)cc2)/C1=C(\O)c1ccc(Cl)cc1. The average molecular weight is 459 g/mol. The molecule has 6 nitrogen and oxygen atoms in total. The van der Waals surface area contributed by atoms with Gasteiger partial charge in [0.1, 0.15) is 11.6 Å². The van der Waals surface area contributed by atoms with Crippen molar-refractivity contribution in [2.75, 3.05) is 39.4 Å². The Kier molecular flexibility index (Phi) is 6.89. The number of likely N-dealkylation sites (tertiary alicyclic amines) is 1. The van der Waals surface area contributed by atoms with Gasteiger partial charge >= 0.3 is 0 Å². The normalized spacial score (nSPS) is 21.3. The molecule has 0 aromatic heterocycles. The average Bonchev–Trinajstić information content (AvgIpc) is 3.05. The third kappa shape index (κ3) is 4.70. The first-order valence-electron chi connectivity index (χ1n) is 10.6. The maximum atomic E-state index is 13.6. The van der Waals surface area contributed by atoms with Crippen LogP contribution in [0.3, 0.4) is 0 Å². The van der Waals surface area contributed by atoms with Gasteiger partial charge in [-0.15, -0.1) is 0 Å². The maximum Gasteiger partial charge on any atom is 0.295 e. The van der Waals surface area contributed by atoms with E-state index in [1.54, 1.807) is 24.3 Å². The molecular formula is C24H24ClFN2O4. The fourth-order valence-corrected chi connectivity index (χ4v) is 4.28. The van der Waals surface area contributed by atoms with Crippen LogP contribution < -0.4 is 0 Å². The van der Waals surface area contributed by atoms with Crippen LogP contribution >= 0.6 is 11.6 Å². The number of hydrogen-bond donors (Lipinski definition) is 1. The number of benzene rings is 2. The lowest BCUT2D eigenvalue weighted by atomic mass is 9.95. The van der Waals surface area contributed by atoms with E-state index in [2.05, 4.69) is 4.90 Å². The first-order chi connectivity index (χ1) is 15.5. The molecule has 2 fully saturated rings. The number of carbonyl (C=O) groups is 2. The van der Waals surface area contributed by atoms with E-state index in [-0.39, 0.29) is 11.3 Å². The minimum absolute atomic E-state index is 0.00435. The molecule has 2 saturated heterocycles. The Morgan fingerprint density at radius 2 is 1.69 bits per heavy atom. The summed E-state index contributed by atoms with van der Waals surface area (Å²) in [6, 6.07) is 11.2. The van der Waals surface area contributed by atoms with Crippen LogP contribution in [0.1, 0.15) is 23.6 Å². The van der Waals surface area contributed by atoms with Crippen molar-refractivity contribution in [3.8, 4) is 0 Å². The number of ketones is 1. The quantitative estimate of drug-likeness (QED) is 0.407. The molecule has 2 aliphatic rings. The number of morpholine rings is 1. The zero-order chi connectivity index (χ0) is 22.7. The van der Waals surface area contributed by atoms with Crippen molar-refractivity contribution in [2.45, 2.75) is 12.5 Å². The lowest BCUT2D eigenvalue weighted by Gasteiger charge is -2.29. The van der Waals surface area contributed by atoms with E-state index >= 15 is 0 Å². The van der Waals surface area contributed by atoms with Gasteiger partial charge in [0.05, 0.1) is 24.8 Å². The molecule has 1 amide bonds. The largest absolute Gasteiger partial charge is 0.507 e. The van der Waals surface area contributed by atoms with Crippen LogP contribution in [0, 0.1) is 5.82 Å². The van der Waals surface area contributed by atoms with Crippen molar-refractivity contribution in [3.05, 3.63) is 76.1 Å². The third-order valence-corrected chi connectivity index (χ3v) is 6.07. The number of nitrogens with zero attached hydrogens (tertiary/aromatic N) is 2. The minimum Gasteiger partial charge on any atom is -0.507 e. The molecule has 4 rings (SSSR count). The van der Waals surface area contributed by atoms with E-state index in [0.29, 0.717) is 42.3 Å². The molecule has 2 heterocycles. The van der Waals surface area contributed by atoms with Crippen LogP contribution in [0.4, 0.5) is 4.39 Å². The van der Waals surface area contributed by atoms with E-state index in [1.807, 2.05) is 0 Å². The van der Waals surface area contributed by atoms with Gasteiger partial charge in [-0.1, -0.05) is 23.7 Å². The second kappa shape index (κ2) is 9.81. The second-order valence-electron chi connectivity index (χ2n) is 7.86. The van der Waals surface area contributed by atoms with E-state index in [1.165, 1.54) is 29.2 Å². The topological polar surface area (TPSA) is 70.1 Å². The van der Waals surface area contributed by atoms with Gasteiger partial charge in [-0.05, 0) is 48.4 Å². The van der Waals surface area contributed by atoms with E-state index in [9.17, 15) is 19.1 Å². The van der Waals surface area contributed by atoms with Crippen LogP contribution in [0.15, 0.2) is 54.1 Å². The highest BCUT2D eigenvalue weighted by atomic mass is 35.5. The first kappa shape index (κ1) is 22.5. The molecule has 1 atom stereocenters. The molecule has 8 heteroatoms. The highest BCUT2D eigenvalue weighted by Crippen LogP contribution is 2.39. The van der Waals surface area contributed by atoms with Crippen LogP contribution in [0.2, 0.25) is 5.02 Å². The molecule has 0 spiro atoms. The molecule has 168 valence electrons. The number of Topliss-reactive ketones (excluding diaryl/α,β-unsaturated/α-hetero) is 1. The summed E-state index contributed by atoms with van der Waals surface area (Å²) in [6.45, 7) is 4.12. The van der Waals surface area contributed by atoms with E-state index in [4.69, 9.17) is 16.3 Å². The Morgan fingerprint density at radius 1 is 1.03 bits per heavy atom. The van der Waals surface area contributed by atoms with Gasteiger partial charge in [0, 0.05) is 36.8 Å². The number of amides is 1. The van der Waals surface area contributed by atoms with Crippen LogP contribution in [-0.4, -0.2) is 66.0 Å². The van der Waals surface area contributed by atoms with Crippen molar-refractivity contribution < 1.29 is 23.8 Å². The van der Waals surface area contributed by atoms with Gasteiger partial charge in [-0.25, -0.2) is 4.39 Å². The summed E-state index contributed by atoms with van der Waals surface area (Å²) < 4.78 is 18.9. The second-order valence-corrected chi connectivity index (χ2v) is 8.29. The first-order valence-corrected chi connectivity index (χ1v) is 10.9. The van der Waals surface area contributed by atoms with Crippen LogP contribution in [0.25, 0.3) is 5.76 Å². The highest BCUT2D eigenvalue weighted by Gasteiger charge is 2.45. The van der Waals surface area contributed by atoms with E-state index < -0.39 is 23.5 Å². The van der Waals surface area contributed by atoms with Crippen LogP contribution in [0.5, 0.6) is 0 Å². The summed E-state index contributed by atoms with van der Waals surface area (Å²) in [5.74, 6) is -2.12. The van der Waals surface area contributed by atoms with Gasteiger partial charge in [0.2, 0.25) is 0 Å². The summed E-state index contributed by atoms with van der Waals surface area (Å²) in [5, 5.41) is 11.5. The summed E-state index contributed by atoms with van der Waals surface area (Å²) in [6.07, 6.45) is 0.658. The molecule has 0 aliphatic carbocycles. The predicted octanol–water partition coefficient (Wildman–Crippen LogP) is 3.62. The predicted molar refractivity (Wildman–Crippen MR) is 119 cm³/mol. The standard InChI is InChI=1S/C24H24ClFN2O4/c25-18-6-2-17(3-7-18)22(29)20-21(16-4-8-19(26)9-5-16)28(24(31)23(20)30)11-1-10-27-12-14-32-15-13-27/h2-9,21,29H,1,10-15H2/b22-20+. The van der Waals surface area contributed by atoms with Crippen LogP contribution in [-0.2, 0) is 14.3 Å². The van der Waals surface area contributed by atoms with Gasteiger partial charge in [0.25, 0.3) is 11.7 Å². The van der Waals surface area contributed by atoms with Gasteiger partial charge in [0.15, 0.2) is 0 Å². The molecule has 2 aromatic carbocycles. The fraction of sp³-hybridized carbons (Fsp3) is 0.333. The third-order valence-electron chi connectivity index (χ3n) is 5.82. The lowest BCUT2D eigenvalue weighted by molar-refractivity contribution is -0.140. The van der Waals surface area contributed by atoms with Crippen molar-refractivity contribution in [1.82, 2.24) is 9.80 Å². The molecular weight excluding hydrogens is 435 g/mol. The number of hydrogen-bond acceptors (Lipinski definition) is 5. The maximum absolute atomic E-state index is 13.6. The number of rotatable bonds is 6. The van der Waals surface area contributed by atoms with Gasteiger partial charge in [-0.3, -0.25) is 14.5 Å². The molecule has 0 saturated carbocycles. The smallest absolute Gasteiger partial charge is 0.295 e. The van der Waals surface area contributed by atoms with E-state index in [0.717, 1.165) is 19.6 Å². The van der Waals surface area contributed by atoms with Gasteiger partial charge < -0.3 is 14.7 Å². The zero-order valence-corrected chi connectivity index (χ0v) is 18.2. The molecule has 1 unspecified atom stereocenters. The Balaban J connectivity index is 1.66. The summed E-state index contributed by atoms with van der Waals surface area (Å²) in [4.78, 5) is 29.6. The zero-order valence-electron chi connectivity index (χ0n) is 17.5. The summed E-state index contributed by atoms with van der Waals surface area (Å²) >= 11 is 5.94. The van der Waals surface area contributed by atoms with Gasteiger partial charge in [-0.2, -0.15) is 0 Å². The van der Waals surface area contributed by atoms with Crippen molar-refractivity contribution in [3.63, 3.8) is 0 Å². The summed E-state index contributed by atoms with van der Waals surface area (Å²) in [5.41, 5.74) is 0.940. The fourth-order valence-electron chi connectivity index (χ4n) is 4.15. The molecule has 32 heavy (non-hydrogen) atoms. The highest BCUT2D eigenvalue weighted by molar-refractivity contribution is 6.46. The summed E-state index contributed by atoms with van der Waals surface area (Å²) in [7, 11) is 0. The molecule has 1 N–H and O–H groups in total. The Morgan fingerprint density at radius 3 is 2.34 bits per heavy atom. The number of aliphatic hydroxyl groups is 1. The molecule has 0 radical (unpaired) electrons. The lowest BCUT2D eigenvalue weighted by Crippen LogP contribution is -2.38. The van der Waals surface area contributed by atoms with Crippen molar-refractivity contribution in [2.24, 2.45) is 0 Å². The number of aliphatic hydroxyl groups excluding tert-OH is 1. The molecule has 2 aromatic rings. The Labute approximate surface area is 190 Å². The molecule has 2 aliphatic heterocycles. The van der Waals surface area contributed by atoms with Crippen molar-refractivity contribution in [1.29, 1.82) is 0 Å². The Hall–Kier alpha value is -2.74. The molecule has 0 bridgehead atoms.